The summed E-state index contributed by atoms with van der Waals surface area (Å²) in [5, 5.41) is 0. The van der Waals surface area contributed by atoms with Crippen molar-refractivity contribution in [1.82, 2.24) is 0 Å². The largest absolute Gasteiger partial charge is 0.348 e. The molecule has 0 aliphatic heterocycles. The number of unbranched alkanes of at least 4 members (excludes halogenated alkanes) is 5. The fourth-order valence-corrected chi connectivity index (χ4v) is 4.66. The third-order valence-electron chi connectivity index (χ3n) is 6.76. The van der Waals surface area contributed by atoms with Crippen molar-refractivity contribution in [3.63, 3.8) is 0 Å². The average Bonchev–Trinajstić information content (AvgIpc) is 2.89. The molecule has 0 spiro atoms. The van der Waals surface area contributed by atoms with Crippen LogP contribution in [0.4, 0.5) is 0 Å². The molecule has 0 saturated carbocycles. The Morgan fingerprint density at radius 2 is 1.33 bits per heavy atom. The Labute approximate surface area is 230 Å². The number of nitrogens with zero attached hydrogens (tertiary/aromatic N) is 2. The molecule has 198 valence electrons. The fourth-order valence-electron chi connectivity index (χ4n) is 4.66. The zero-order valence-electron chi connectivity index (χ0n) is 23.0. The minimum Gasteiger partial charge on any atom is -0.348 e. The summed E-state index contributed by atoms with van der Waals surface area (Å²) in [6.45, 7) is 8.95. The molecule has 0 fully saturated rings. The molecule has 0 heterocycles. The van der Waals surface area contributed by atoms with E-state index in [9.17, 15) is 5.53 Å². The summed E-state index contributed by atoms with van der Waals surface area (Å²) >= 11 is 0. The van der Waals surface area contributed by atoms with E-state index in [-0.39, 0.29) is 16.5 Å². The second-order valence-electron chi connectivity index (χ2n) is 9.71. The molecule has 0 aliphatic rings. The molecule has 3 heteroatoms. The van der Waals surface area contributed by atoms with Crippen LogP contribution in [0, 0.1) is 0 Å². The molecule has 0 radical (unpaired) electrons. The quantitative estimate of drug-likeness (QED) is 0.0518. The van der Waals surface area contributed by atoms with Crippen molar-refractivity contribution in [2.24, 2.45) is 0 Å². The van der Waals surface area contributed by atoms with Gasteiger partial charge in [-0.3, -0.25) is 0 Å². The summed E-state index contributed by atoms with van der Waals surface area (Å²) in [5.41, 5.74) is 18.4. The number of allylic oxidation sites excluding steroid dienone is 2. The first-order valence-corrected chi connectivity index (χ1v) is 14.1. The minimum atomic E-state index is 0. The van der Waals surface area contributed by atoms with E-state index < -0.39 is 0 Å². The van der Waals surface area contributed by atoms with Crippen LogP contribution >= 0.6 is 0 Å². The van der Waals surface area contributed by atoms with Crippen molar-refractivity contribution in [2.75, 3.05) is 0 Å². The van der Waals surface area contributed by atoms with Gasteiger partial charge < -0.3 is 5.53 Å². The summed E-state index contributed by atoms with van der Waals surface area (Å²) in [6, 6.07) is 18.3. The van der Waals surface area contributed by atoms with Crippen LogP contribution in [0.15, 0.2) is 59.7 Å². The van der Waals surface area contributed by atoms with Crippen molar-refractivity contribution in [3.05, 3.63) is 87.5 Å². The summed E-state index contributed by atoms with van der Waals surface area (Å²) in [7, 11) is 0. The van der Waals surface area contributed by atoms with Gasteiger partial charge in [0.2, 0.25) is 0 Å². The first kappa shape index (κ1) is 31.9. The first-order chi connectivity index (χ1) is 17.2. The van der Waals surface area contributed by atoms with E-state index in [0.717, 1.165) is 56.9 Å². The van der Waals surface area contributed by atoms with E-state index in [4.69, 9.17) is 0 Å². The molecule has 2 aromatic rings. The molecule has 0 amide bonds. The number of rotatable bonds is 16. The maximum absolute atomic E-state index is 9.48. The van der Waals surface area contributed by atoms with Crippen LogP contribution in [0.25, 0.3) is 11.1 Å². The van der Waals surface area contributed by atoms with Crippen molar-refractivity contribution in [1.29, 1.82) is 0 Å². The van der Waals surface area contributed by atoms with E-state index in [2.05, 4.69) is 86.9 Å². The van der Waals surface area contributed by atoms with Crippen molar-refractivity contribution >= 4 is 11.4 Å². The molecule has 2 rings (SSSR count). The predicted molar refractivity (Wildman–Crippen MR) is 152 cm³/mol. The van der Waals surface area contributed by atoms with Gasteiger partial charge in [-0.15, -0.1) is 4.79 Å². The second kappa shape index (κ2) is 19.0. The molecule has 2 aromatic carbocycles. The van der Waals surface area contributed by atoms with Crippen LogP contribution in [0.5, 0.6) is 0 Å². The molecule has 2 nitrogen and oxygen atoms in total. The number of aryl methyl sites for hydroxylation is 2. The molecule has 0 unspecified atom stereocenters. The Morgan fingerprint density at radius 3 is 1.97 bits per heavy atom. The van der Waals surface area contributed by atoms with Gasteiger partial charge in [0.25, 0.3) is 0 Å². The maximum atomic E-state index is 9.48. The van der Waals surface area contributed by atoms with Crippen molar-refractivity contribution < 1.29 is 21.3 Å². The van der Waals surface area contributed by atoms with Gasteiger partial charge in [0.1, 0.15) is 0 Å². The maximum Gasteiger partial charge on any atom is 0.303 e. The SMILES string of the molecule is CCCCCc1ccc(C(=C(CCCC)C(=C=[N+]=[N-])CCCC)c2cccc(CCCC)c2)cc1.[Ni]. The normalized spacial score (nSPS) is 11.2. The van der Waals surface area contributed by atoms with E-state index in [1.807, 2.05) is 0 Å². The van der Waals surface area contributed by atoms with Gasteiger partial charge >= 0.3 is 5.87 Å². The monoisotopic (exact) mass is 528 g/mol. The molecular formula is C33H46N2Ni. The average molecular weight is 529 g/mol. The molecule has 0 atom stereocenters. The van der Waals surface area contributed by atoms with Crippen LogP contribution < -0.4 is 0 Å². The summed E-state index contributed by atoms with van der Waals surface area (Å²) in [6.07, 6.45) is 14.7. The molecule has 0 N–H and O–H groups in total. The summed E-state index contributed by atoms with van der Waals surface area (Å²) in [5.74, 6) is 2.98. The Morgan fingerprint density at radius 1 is 0.694 bits per heavy atom. The van der Waals surface area contributed by atoms with Gasteiger partial charge in [-0.25, -0.2) is 0 Å². The zero-order valence-corrected chi connectivity index (χ0v) is 24.0. The number of hydrogen-bond donors (Lipinski definition) is 0. The molecule has 0 aromatic heterocycles. The van der Waals surface area contributed by atoms with Crippen LogP contribution in [0.3, 0.4) is 0 Å². The van der Waals surface area contributed by atoms with E-state index in [1.54, 1.807) is 0 Å². The first-order valence-electron chi connectivity index (χ1n) is 14.1. The Bertz CT molecular complexity index is 1010. The smallest absolute Gasteiger partial charge is 0.303 e. The third-order valence-corrected chi connectivity index (χ3v) is 6.76. The van der Waals surface area contributed by atoms with Crippen LogP contribution in [0.1, 0.15) is 121 Å². The summed E-state index contributed by atoms with van der Waals surface area (Å²) < 4.78 is 0. The number of benzene rings is 2. The van der Waals surface area contributed by atoms with Gasteiger partial charge in [0.15, 0.2) is 0 Å². The van der Waals surface area contributed by atoms with Gasteiger partial charge in [-0.1, -0.05) is 108 Å². The number of hydrogen-bond acceptors (Lipinski definition) is 0. The summed E-state index contributed by atoms with van der Waals surface area (Å²) in [4.78, 5) is 3.38. The Kier molecular flexibility index (Phi) is 16.8. The van der Waals surface area contributed by atoms with E-state index in [0.29, 0.717) is 0 Å². The minimum absolute atomic E-state index is 0. The predicted octanol–water partition coefficient (Wildman–Crippen LogP) is 9.77. The van der Waals surface area contributed by atoms with Crippen LogP contribution in [-0.4, -0.2) is 10.7 Å². The second-order valence-corrected chi connectivity index (χ2v) is 9.71. The molecular weight excluding hydrogens is 483 g/mol. The van der Waals surface area contributed by atoms with Gasteiger partial charge in [0, 0.05) is 16.5 Å². The molecule has 0 aliphatic carbocycles. The van der Waals surface area contributed by atoms with Crippen molar-refractivity contribution in [3.8, 4) is 0 Å². The zero-order chi connectivity index (χ0) is 25.3. The molecule has 0 bridgehead atoms. The Balaban J connectivity index is 0.00000648. The van der Waals surface area contributed by atoms with E-state index in [1.165, 1.54) is 65.5 Å². The third kappa shape index (κ3) is 10.4. The van der Waals surface area contributed by atoms with Gasteiger partial charge in [-0.05, 0) is 84.8 Å². The van der Waals surface area contributed by atoms with Crippen molar-refractivity contribution in [2.45, 2.75) is 111 Å². The fraction of sp³-hybridized carbons (Fsp3) is 0.515. The Hall–Kier alpha value is -2.17. The molecule has 0 saturated heterocycles. The van der Waals surface area contributed by atoms with Gasteiger partial charge in [-0.2, -0.15) is 0 Å². The van der Waals surface area contributed by atoms with Gasteiger partial charge in [0.05, 0.1) is 5.57 Å². The van der Waals surface area contributed by atoms with Crippen LogP contribution in [-0.2, 0) is 29.3 Å². The van der Waals surface area contributed by atoms with E-state index >= 15 is 0 Å². The standard InChI is InChI=1S/C33H46N2.Ni/c1-5-9-13-16-27-21-23-29(24-22-27)33(30-19-14-17-28(25-30)15-10-6-2)32(20-12-8-4)31(26-35-34)18-11-7-3;/h14,17,19,21-25H,5-13,15-16,18,20H2,1-4H3;. The topological polar surface area (TPSA) is 36.4 Å². The molecule has 36 heavy (non-hydrogen) atoms. The van der Waals surface area contributed by atoms with Crippen LogP contribution in [0.2, 0.25) is 0 Å².